The first-order valence-electron chi connectivity index (χ1n) is 8.24. The molecule has 0 bridgehead atoms. The smallest absolute Gasteiger partial charge is 0.380 e. The van der Waals surface area contributed by atoms with Gasteiger partial charge in [-0.15, -0.1) is 11.3 Å². The van der Waals surface area contributed by atoms with Crippen LogP contribution in [0.15, 0.2) is 36.4 Å². The van der Waals surface area contributed by atoms with Crippen LogP contribution < -0.4 is 10.9 Å². The van der Waals surface area contributed by atoms with Crippen LogP contribution in [0.25, 0.3) is 10.1 Å². The lowest BCUT2D eigenvalue weighted by atomic mass is 10.1. The van der Waals surface area contributed by atoms with Gasteiger partial charge in [0.25, 0.3) is 11.6 Å². The van der Waals surface area contributed by atoms with Gasteiger partial charge >= 0.3 is 6.18 Å². The molecule has 0 spiro atoms. The number of hydrogen-bond donors (Lipinski definition) is 2. The van der Waals surface area contributed by atoms with Gasteiger partial charge in [-0.2, -0.15) is 13.2 Å². The molecule has 12 heteroatoms. The van der Waals surface area contributed by atoms with E-state index < -0.39 is 34.1 Å². The molecule has 0 atom stereocenters. The predicted molar refractivity (Wildman–Crippen MR) is 102 cm³/mol. The monoisotopic (exact) mass is 443 g/mol. The van der Waals surface area contributed by atoms with E-state index >= 15 is 0 Å². The zero-order chi connectivity index (χ0) is 22.1. The van der Waals surface area contributed by atoms with Crippen molar-refractivity contribution in [3.8, 4) is 0 Å². The number of alkyl halides is 3. The Morgan fingerprint density at radius 1 is 1.27 bits per heavy atom. The number of nitro benzene ring substituents is 1. The van der Waals surface area contributed by atoms with Gasteiger partial charge < -0.3 is 4.74 Å². The summed E-state index contributed by atoms with van der Waals surface area (Å²) >= 11 is 0.983. The van der Waals surface area contributed by atoms with Crippen LogP contribution in [0.3, 0.4) is 0 Å². The summed E-state index contributed by atoms with van der Waals surface area (Å²) in [6.07, 6.45) is -4.76. The summed E-state index contributed by atoms with van der Waals surface area (Å²) in [5.74, 6) is -1.29. The maximum Gasteiger partial charge on any atom is 0.416 e. The number of hydrogen-bond acceptors (Lipinski definition) is 6. The zero-order valence-corrected chi connectivity index (χ0v) is 16.0. The number of nitrogens with zero attached hydrogens (tertiary/aromatic N) is 1. The first-order chi connectivity index (χ1) is 14.1. The van der Waals surface area contributed by atoms with Gasteiger partial charge in [0.05, 0.1) is 17.1 Å². The van der Waals surface area contributed by atoms with E-state index in [0.717, 1.165) is 17.4 Å². The molecule has 1 amide bonds. The van der Waals surface area contributed by atoms with E-state index in [1.54, 1.807) is 6.07 Å². The van der Waals surface area contributed by atoms with Gasteiger partial charge in [-0.25, -0.2) is 4.39 Å². The van der Waals surface area contributed by atoms with E-state index in [1.165, 1.54) is 19.2 Å². The van der Waals surface area contributed by atoms with Crippen LogP contribution >= 0.6 is 11.3 Å². The van der Waals surface area contributed by atoms with E-state index in [9.17, 15) is 32.5 Å². The fourth-order valence-electron chi connectivity index (χ4n) is 2.78. The Morgan fingerprint density at radius 2 is 2.00 bits per heavy atom. The minimum Gasteiger partial charge on any atom is -0.380 e. The molecule has 30 heavy (non-hydrogen) atoms. The Kier molecular flexibility index (Phi) is 5.89. The highest BCUT2D eigenvalue weighted by atomic mass is 32.1. The number of benzene rings is 2. The predicted octanol–water partition coefficient (Wildman–Crippen LogP) is 4.87. The molecule has 3 rings (SSSR count). The number of fused-ring (bicyclic) bond motifs is 1. The van der Waals surface area contributed by atoms with Crippen molar-refractivity contribution in [1.29, 1.82) is 0 Å². The molecule has 158 valence electrons. The highest BCUT2D eigenvalue weighted by Crippen LogP contribution is 2.36. The van der Waals surface area contributed by atoms with Gasteiger partial charge in [0.1, 0.15) is 16.4 Å². The van der Waals surface area contributed by atoms with Gasteiger partial charge in [0.2, 0.25) is 0 Å². The van der Waals surface area contributed by atoms with Crippen molar-refractivity contribution in [2.24, 2.45) is 0 Å². The van der Waals surface area contributed by atoms with Crippen molar-refractivity contribution in [3.63, 3.8) is 0 Å². The highest BCUT2D eigenvalue weighted by Gasteiger charge is 2.33. The van der Waals surface area contributed by atoms with E-state index in [-0.39, 0.29) is 28.1 Å². The van der Waals surface area contributed by atoms with Gasteiger partial charge in [0, 0.05) is 28.8 Å². The third-order valence-corrected chi connectivity index (χ3v) is 5.29. The number of halogens is 4. The standard InChI is InChI=1S/C18H13F4N3O4S/c1-29-8-10-15-11(19)3-2-4-14(15)30-16(10)17(26)24-23-12-6-5-9(18(20,21)22)7-13(12)25(27)28/h2-7,23H,8H2,1H3,(H,24,26). The van der Waals surface area contributed by atoms with Crippen molar-refractivity contribution >= 4 is 38.7 Å². The second-order valence-corrected chi connectivity index (χ2v) is 7.07. The topological polar surface area (TPSA) is 93.5 Å². The van der Waals surface area contributed by atoms with Crippen LogP contribution in [-0.2, 0) is 17.5 Å². The number of hydrazine groups is 1. The molecule has 0 aliphatic rings. The summed E-state index contributed by atoms with van der Waals surface area (Å²) in [7, 11) is 1.37. The fourth-order valence-corrected chi connectivity index (χ4v) is 3.90. The van der Waals surface area contributed by atoms with E-state index in [2.05, 4.69) is 10.9 Å². The number of ether oxygens (including phenoxy) is 1. The number of nitro groups is 1. The molecule has 0 fully saturated rings. The third-order valence-electron chi connectivity index (χ3n) is 4.09. The quantitative estimate of drug-likeness (QED) is 0.322. The summed E-state index contributed by atoms with van der Waals surface area (Å²) < 4.78 is 58.1. The number of anilines is 1. The van der Waals surface area contributed by atoms with Crippen LogP contribution in [0.1, 0.15) is 20.8 Å². The second kappa shape index (κ2) is 8.24. The molecule has 0 saturated heterocycles. The number of rotatable bonds is 6. The molecule has 7 nitrogen and oxygen atoms in total. The number of nitrogens with one attached hydrogen (secondary N) is 2. The third kappa shape index (κ3) is 4.19. The molecular formula is C18H13F4N3O4S. The Balaban J connectivity index is 1.90. The molecule has 0 unspecified atom stereocenters. The molecule has 2 aromatic carbocycles. The first-order valence-corrected chi connectivity index (χ1v) is 9.06. The van der Waals surface area contributed by atoms with E-state index in [4.69, 9.17) is 4.74 Å². The normalized spacial score (nSPS) is 11.5. The summed E-state index contributed by atoms with van der Waals surface area (Å²) in [6.45, 7) is -0.0654. The van der Waals surface area contributed by atoms with Crippen LogP contribution in [0.4, 0.5) is 28.9 Å². The Morgan fingerprint density at radius 3 is 2.63 bits per heavy atom. The summed E-state index contributed by atoms with van der Waals surface area (Å²) in [5, 5.41) is 11.4. The molecule has 0 saturated carbocycles. The largest absolute Gasteiger partial charge is 0.416 e. The Labute approximate surface area is 170 Å². The molecule has 0 aliphatic heterocycles. The molecule has 0 aliphatic carbocycles. The van der Waals surface area contributed by atoms with Crippen molar-refractivity contribution < 1.29 is 32.0 Å². The number of carbonyl (C=O) groups is 1. The van der Waals surface area contributed by atoms with Crippen LogP contribution in [0.2, 0.25) is 0 Å². The maximum absolute atomic E-state index is 14.2. The van der Waals surface area contributed by atoms with Gasteiger partial charge in [-0.3, -0.25) is 25.8 Å². The second-order valence-electron chi connectivity index (χ2n) is 6.02. The molecule has 1 aromatic heterocycles. The lowest BCUT2D eigenvalue weighted by Crippen LogP contribution is -2.29. The van der Waals surface area contributed by atoms with Crippen LogP contribution in [0.5, 0.6) is 0 Å². The van der Waals surface area contributed by atoms with Crippen molar-refractivity contribution in [1.82, 2.24) is 5.43 Å². The molecule has 2 N–H and O–H groups in total. The lowest BCUT2D eigenvalue weighted by Gasteiger charge is -2.11. The molecule has 1 heterocycles. The minimum absolute atomic E-state index is 0.0654. The van der Waals surface area contributed by atoms with Gasteiger partial charge in [0.15, 0.2) is 0 Å². The number of amides is 1. The highest BCUT2D eigenvalue weighted by molar-refractivity contribution is 7.21. The molecular weight excluding hydrogens is 430 g/mol. The number of carbonyl (C=O) groups excluding carboxylic acids is 1. The molecule has 3 aromatic rings. The summed E-state index contributed by atoms with van der Waals surface area (Å²) in [6, 6.07) is 6.18. The van der Waals surface area contributed by atoms with Crippen molar-refractivity contribution in [2.75, 3.05) is 12.5 Å². The SMILES string of the molecule is COCc1c(C(=O)NNc2ccc(C(F)(F)F)cc2[N+](=O)[O-])sc2cccc(F)c12. The Hall–Kier alpha value is -3.25. The first kappa shape index (κ1) is 21.5. The van der Waals surface area contributed by atoms with Crippen molar-refractivity contribution in [3.05, 3.63) is 68.3 Å². The van der Waals surface area contributed by atoms with Crippen LogP contribution in [-0.4, -0.2) is 17.9 Å². The number of methoxy groups -OCH3 is 1. The Bertz CT molecular complexity index is 1130. The minimum atomic E-state index is -4.76. The average Bonchev–Trinajstić information content (AvgIpc) is 3.05. The van der Waals surface area contributed by atoms with Crippen LogP contribution in [0, 0.1) is 15.9 Å². The number of thiophene rings is 1. The van der Waals surface area contributed by atoms with Gasteiger partial charge in [-0.1, -0.05) is 6.07 Å². The van der Waals surface area contributed by atoms with E-state index in [0.29, 0.717) is 16.8 Å². The maximum atomic E-state index is 14.2. The van der Waals surface area contributed by atoms with E-state index in [1.807, 2.05) is 0 Å². The average molecular weight is 443 g/mol. The zero-order valence-electron chi connectivity index (χ0n) is 15.2. The molecule has 0 radical (unpaired) electrons. The lowest BCUT2D eigenvalue weighted by molar-refractivity contribution is -0.384. The van der Waals surface area contributed by atoms with Gasteiger partial charge in [-0.05, 0) is 24.3 Å². The summed E-state index contributed by atoms with van der Waals surface area (Å²) in [5.41, 5.74) is 2.34. The summed E-state index contributed by atoms with van der Waals surface area (Å²) in [4.78, 5) is 22.8. The fraction of sp³-hybridized carbons (Fsp3) is 0.167. The van der Waals surface area contributed by atoms with Crippen molar-refractivity contribution in [2.45, 2.75) is 12.8 Å².